The SMILES string of the molecule is CC1(C)O[C@H]2C(c3cnn4c(N)ncnc34)=C[C@](C)(CCc3ccc4ccc(N)nc4c3)[C@H]2O1.CN(c1ccccc1)c1ncnc2c(C3=C[C@](C)(CCc4ccc5ccc(N)nc5c4)[C@H]4OC(C)(C)O[C@@H]34)cnn12.C[C@]1(CCc2ccc3ccc(N)nc3c2)C=C(c2cnn3c(N)ncnc23)[C@H](O)[C@@H]1O.C[C@]1(CCc2ccc3ccc(N)nc3c2)C[C@@H](c2cnn3c(N)ncnc23)[C@H](O)[C@@H]1O. The highest BCUT2D eigenvalue weighted by Crippen LogP contribution is 2.56. The fourth-order valence-corrected chi connectivity index (χ4v) is 20.5. The summed E-state index contributed by atoms with van der Waals surface area (Å²) in [5.41, 5.74) is 57.1. The maximum Gasteiger partial charge on any atom is 0.234 e. The van der Waals surface area contributed by atoms with Gasteiger partial charge in [-0.2, -0.15) is 38.5 Å². The smallest absolute Gasteiger partial charge is 0.234 e. The van der Waals surface area contributed by atoms with Crippen LogP contribution in [-0.4, -0.2) is 186 Å². The van der Waals surface area contributed by atoms with E-state index in [1.165, 1.54) is 39.1 Å². The number of para-hydroxylation sites is 1. The first kappa shape index (κ1) is 90.1. The van der Waals surface area contributed by atoms with Gasteiger partial charge in [0.2, 0.25) is 23.8 Å². The molecule has 2 aliphatic heterocycles. The van der Waals surface area contributed by atoms with E-state index in [0.717, 1.165) is 126 Å². The van der Waals surface area contributed by atoms with Crippen LogP contribution in [0.5, 0.6) is 0 Å². The van der Waals surface area contributed by atoms with E-state index in [1.54, 1.807) is 46.1 Å². The first-order chi connectivity index (χ1) is 65.6. The van der Waals surface area contributed by atoms with Gasteiger partial charge in [0, 0.05) is 78.7 Å². The lowest BCUT2D eigenvalue weighted by atomic mass is 9.79. The summed E-state index contributed by atoms with van der Waals surface area (Å²) in [6, 6.07) is 50.2. The van der Waals surface area contributed by atoms with Gasteiger partial charge in [-0.1, -0.05) is 113 Å². The summed E-state index contributed by atoms with van der Waals surface area (Å²) in [6.07, 6.45) is 21.6. The molecule has 0 radical (unpaired) electrons. The van der Waals surface area contributed by atoms with Gasteiger partial charge in [-0.05, 0) is 215 Å². The van der Waals surface area contributed by atoms with E-state index in [1.807, 2.05) is 157 Å². The van der Waals surface area contributed by atoms with E-state index in [9.17, 15) is 20.4 Å². The maximum absolute atomic E-state index is 10.9. The van der Waals surface area contributed by atoms with Crippen molar-refractivity contribution in [3.8, 4) is 0 Å². The minimum atomic E-state index is -1.05. The van der Waals surface area contributed by atoms with E-state index < -0.39 is 46.8 Å². The Labute approximate surface area is 786 Å². The number of nitrogens with zero attached hydrogens (tertiary/aromatic N) is 21. The molecule has 5 aromatic carbocycles. The molecule has 4 aliphatic carbocycles. The van der Waals surface area contributed by atoms with Crippen LogP contribution in [-0.2, 0) is 44.6 Å². The number of nitrogen functional groups attached to an aromatic ring is 7. The molecule has 0 bridgehead atoms. The molecule has 17 aromatic rings. The lowest BCUT2D eigenvalue weighted by Crippen LogP contribution is -2.35. The molecule has 0 unspecified atom stereocenters. The fourth-order valence-electron chi connectivity index (χ4n) is 20.5. The zero-order chi connectivity index (χ0) is 95.5. The zero-order valence-electron chi connectivity index (χ0n) is 77.2. The van der Waals surface area contributed by atoms with Crippen LogP contribution in [0.15, 0.2) is 220 Å². The average Bonchev–Trinajstić information content (AvgIpc) is 1.57. The Kier molecular flexibility index (Phi) is 22.9. The van der Waals surface area contributed by atoms with Crippen LogP contribution < -0.4 is 45.0 Å². The highest BCUT2D eigenvalue weighted by molar-refractivity contribution is 5.87. The number of aliphatic hydroxyl groups is 4. The molecule has 36 nitrogen and oxygen atoms in total. The van der Waals surface area contributed by atoms with Crippen molar-refractivity contribution in [3.05, 3.63) is 264 Å². The van der Waals surface area contributed by atoms with E-state index >= 15 is 0 Å². The minimum absolute atomic E-state index is 0.124. The number of rotatable bonds is 18. The Bertz CT molecular complexity index is 7630. The van der Waals surface area contributed by atoms with E-state index in [0.29, 0.717) is 88.9 Å². The molecule has 1 saturated carbocycles. The first-order valence-electron chi connectivity index (χ1n) is 45.7. The molecule has 14 heterocycles. The number of nitrogens with two attached hydrogens (primary N) is 7. The van der Waals surface area contributed by atoms with Gasteiger partial charge < -0.3 is 84.4 Å². The van der Waals surface area contributed by atoms with Crippen molar-refractivity contribution >= 4 is 136 Å². The molecule has 2 saturated heterocycles. The molecule has 23 rings (SSSR count). The van der Waals surface area contributed by atoms with Crippen molar-refractivity contribution in [2.24, 2.45) is 21.7 Å². The first-order valence-corrected chi connectivity index (χ1v) is 45.7. The van der Waals surface area contributed by atoms with Crippen LogP contribution in [0.1, 0.15) is 138 Å². The van der Waals surface area contributed by atoms with Gasteiger partial charge in [-0.25, -0.2) is 59.8 Å². The molecule has 13 atom stereocenters. The monoisotopic (exact) mass is 1840 g/mol. The number of hydrogen-bond donors (Lipinski definition) is 11. The minimum Gasteiger partial charge on any atom is -0.390 e. The van der Waals surface area contributed by atoms with Gasteiger partial charge in [0.1, 0.15) is 79.1 Å². The van der Waals surface area contributed by atoms with Crippen LogP contribution in [0.25, 0.3) is 82.9 Å². The van der Waals surface area contributed by atoms with Gasteiger partial charge in [-0.3, -0.25) is 0 Å². The van der Waals surface area contributed by atoms with Crippen LogP contribution >= 0.6 is 0 Å². The summed E-state index contributed by atoms with van der Waals surface area (Å²) in [4.78, 5) is 53.9. The Morgan fingerprint density at radius 1 is 0.380 bits per heavy atom. The van der Waals surface area contributed by atoms with E-state index in [2.05, 4.69) is 150 Å². The van der Waals surface area contributed by atoms with E-state index in [4.69, 9.17) is 64.2 Å². The summed E-state index contributed by atoms with van der Waals surface area (Å²) in [6.45, 7) is 16.3. The molecule has 3 fully saturated rings. The number of anilines is 9. The normalized spacial score (nSPS) is 24.5. The van der Waals surface area contributed by atoms with Crippen molar-refractivity contribution in [1.29, 1.82) is 0 Å². The topological polar surface area (TPSA) is 527 Å². The number of aryl methyl sites for hydroxylation is 4. The number of ether oxygens (including phenoxy) is 4. The Morgan fingerprint density at radius 3 is 1.18 bits per heavy atom. The lowest BCUT2D eigenvalue weighted by Gasteiger charge is -2.30. The second-order valence-corrected chi connectivity index (χ2v) is 38.6. The van der Waals surface area contributed by atoms with Gasteiger partial charge in [0.25, 0.3) is 0 Å². The summed E-state index contributed by atoms with van der Waals surface area (Å²) in [5.74, 6) is 1.78. The molecule has 18 N–H and O–H groups in total. The Morgan fingerprint density at radius 2 is 0.737 bits per heavy atom. The summed E-state index contributed by atoms with van der Waals surface area (Å²) in [7, 11) is 1.98. The number of benzene rings is 5. The Balaban J connectivity index is 0.000000114. The van der Waals surface area contributed by atoms with Crippen molar-refractivity contribution in [1.82, 2.24) is 98.3 Å². The van der Waals surface area contributed by atoms with Crippen LogP contribution in [0.3, 0.4) is 0 Å². The summed E-state index contributed by atoms with van der Waals surface area (Å²) in [5, 5.41) is 65.3. The van der Waals surface area contributed by atoms with Crippen molar-refractivity contribution in [2.45, 2.75) is 180 Å². The number of fused-ring (bicyclic) bond motifs is 10. The van der Waals surface area contributed by atoms with Crippen molar-refractivity contribution in [3.63, 3.8) is 0 Å². The maximum atomic E-state index is 10.9. The third-order valence-corrected chi connectivity index (χ3v) is 28.0. The fraction of sp³-hybridized carbons (Fsp3) is 0.327. The molecule has 12 aromatic heterocycles. The third-order valence-electron chi connectivity index (χ3n) is 28.0. The highest BCUT2D eigenvalue weighted by atomic mass is 16.8. The van der Waals surface area contributed by atoms with Gasteiger partial charge in [0.15, 0.2) is 34.2 Å². The molecule has 700 valence electrons. The lowest BCUT2D eigenvalue weighted by molar-refractivity contribution is -0.153. The second kappa shape index (κ2) is 34.9. The van der Waals surface area contributed by atoms with Crippen molar-refractivity contribution < 1.29 is 39.4 Å². The molecular weight excluding hydrogens is 1730 g/mol. The molecule has 0 spiro atoms. The summed E-state index contributed by atoms with van der Waals surface area (Å²) >= 11 is 0. The average molecular weight is 1840 g/mol. The number of aliphatic hydroxyl groups excluding tert-OH is 4. The van der Waals surface area contributed by atoms with Crippen LogP contribution in [0.2, 0.25) is 0 Å². The van der Waals surface area contributed by atoms with E-state index in [-0.39, 0.29) is 53.1 Å². The van der Waals surface area contributed by atoms with Gasteiger partial charge in [-0.15, -0.1) is 0 Å². The zero-order valence-corrected chi connectivity index (χ0v) is 77.2. The number of hydrogen-bond acceptors (Lipinski definition) is 32. The standard InChI is InChI=1S/C32H33N7O2.C25H27N7O2.C22H25N7O2.C22H23N7O2/c1-31(2)40-27-23(24-18-36-39-29(24)34-19-35-30(39)38(4)22-8-6-5-7-9-22)17-32(3,28(27)41-31)15-14-20-10-11-21-12-13-26(33)37-25(21)16-20;1-24(2)33-20-16(17-12-30-32-22(17)28-13-29-23(32)27)11-25(3,21(20)34-24)9-8-14-4-5-15-6-7-19(26)31-18(15)10-14;2*1-22(7-6-12-2-3-13-4-5-17(23)28-16(13)8-12)9-14(18(30)19(22)31)15-10-27-29-20(15)25-11-26-21(29)24/h5-13,16-19,27-28H,14-15H2,1-4H3,(H2,33,37);4-7,10-13,20-21H,8-9H2,1-3H3,(H2,26,31)(H2,27,28,29);2-5,8,10-11,14,18-19,30-31H,6-7,9H2,1H3,(H2,23,28)(H2,24,25,26);2-5,8-11,18-19,30-31H,6-7H2,1H3,(H2,23,28)(H2,24,25,26)/t27-,28-,32-;20-,21-,25-;14-,18-,19-,22-;18-,19-,22-/m0000/s1. The number of aromatic nitrogens is 20. The van der Waals surface area contributed by atoms with Gasteiger partial charge in [0.05, 0.1) is 65.2 Å². The predicted octanol–water partition coefficient (Wildman–Crippen LogP) is 12.3. The molecule has 6 aliphatic rings. The Hall–Kier alpha value is -14.8. The molecule has 0 amide bonds. The predicted molar refractivity (Wildman–Crippen MR) is 524 cm³/mol. The molecule has 137 heavy (non-hydrogen) atoms. The quantitative estimate of drug-likeness (QED) is 0.0380. The summed E-state index contributed by atoms with van der Waals surface area (Å²) < 4.78 is 32.1. The van der Waals surface area contributed by atoms with Gasteiger partial charge >= 0.3 is 0 Å². The second-order valence-electron chi connectivity index (χ2n) is 38.6. The largest absolute Gasteiger partial charge is 0.390 e. The van der Waals surface area contributed by atoms with Crippen molar-refractivity contribution in [2.75, 3.05) is 52.1 Å². The molecule has 36 heteroatoms. The molecular formula is C101H108N28O8. The third kappa shape index (κ3) is 17.1. The van der Waals surface area contributed by atoms with Crippen LogP contribution in [0.4, 0.5) is 52.8 Å². The highest BCUT2D eigenvalue weighted by Gasteiger charge is 2.58. The number of pyridine rings is 4. The van der Waals surface area contributed by atoms with Crippen LogP contribution in [0, 0.1) is 21.7 Å².